The number of ether oxygens (including phenoxy) is 2. The van der Waals surface area contributed by atoms with E-state index in [1.165, 1.54) is 0 Å². The summed E-state index contributed by atoms with van der Waals surface area (Å²) in [6.45, 7) is -0.265. The molecule has 2 amide bonds. The van der Waals surface area contributed by atoms with Crippen molar-refractivity contribution in [2.75, 3.05) is 19.9 Å². The molecule has 0 saturated heterocycles. The third-order valence-electron chi connectivity index (χ3n) is 5.66. The first-order valence-electron chi connectivity index (χ1n) is 10.2. The van der Waals surface area contributed by atoms with E-state index < -0.39 is 12.0 Å². The summed E-state index contributed by atoms with van der Waals surface area (Å²) in [5, 5.41) is 4.87. The van der Waals surface area contributed by atoms with Gasteiger partial charge in [0.15, 0.2) is 6.73 Å². The summed E-state index contributed by atoms with van der Waals surface area (Å²) in [6, 6.07) is 16.1. The molecule has 2 aromatic rings. The van der Waals surface area contributed by atoms with Gasteiger partial charge in [-0.1, -0.05) is 55.0 Å². The van der Waals surface area contributed by atoms with Crippen molar-refractivity contribution in [2.24, 2.45) is 5.92 Å². The van der Waals surface area contributed by atoms with Crippen molar-refractivity contribution in [1.29, 1.82) is 0 Å². The molecule has 2 aliphatic carbocycles. The van der Waals surface area contributed by atoms with Gasteiger partial charge < -0.3 is 20.1 Å². The monoisotopic (exact) mass is 408 g/mol. The van der Waals surface area contributed by atoms with Crippen LogP contribution in [0.25, 0.3) is 11.1 Å². The Hall–Kier alpha value is -3.35. The van der Waals surface area contributed by atoms with E-state index in [1.54, 1.807) is 0 Å². The van der Waals surface area contributed by atoms with Crippen LogP contribution in [0.2, 0.25) is 0 Å². The van der Waals surface area contributed by atoms with Crippen LogP contribution in [0, 0.1) is 5.92 Å². The van der Waals surface area contributed by atoms with Crippen LogP contribution in [0.1, 0.15) is 36.3 Å². The summed E-state index contributed by atoms with van der Waals surface area (Å²) in [4.78, 5) is 35.4. The Morgan fingerprint density at radius 3 is 2.10 bits per heavy atom. The molecule has 30 heavy (non-hydrogen) atoms. The Morgan fingerprint density at radius 1 is 0.867 bits per heavy atom. The van der Waals surface area contributed by atoms with Crippen LogP contribution < -0.4 is 10.6 Å². The fourth-order valence-corrected chi connectivity index (χ4v) is 3.81. The standard InChI is InChI=1S/C23H24N2O5/c26-21(25-14-30-22(27)15-6-5-7-15)12-24-23(28)29-13-20-18-10-3-1-8-16(18)17-9-2-4-11-19(17)20/h1-4,8-11,15,20H,5-7,12-14H2,(H,24,28)(H,25,26). The van der Waals surface area contributed by atoms with Gasteiger partial charge in [0.25, 0.3) is 0 Å². The van der Waals surface area contributed by atoms with Crippen LogP contribution in [0.5, 0.6) is 0 Å². The molecule has 0 heterocycles. The predicted molar refractivity (Wildman–Crippen MR) is 110 cm³/mol. The molecule has 7 nitrogen and oxygen atoms in total. The summed E-state index contributed by atoms with van der Waals surface area (Å²) in [5.41, 5.74) is 4.55. The first-order valence-corrected chi connectivity index (χ1v) is 10.2. The maximum atomic E-state index is 12.0. The quantitative estimate of drug-likeness (QED) is 0.543. The van der Waals surface area contributed by atoms with Gasteiger partial charge in [-0.25, -0.2) is 4.79 Å². The number of rotatable bonds is 7. The molecular formula is C23H24N2O5. The number of benzene rings is 2. The molecule has 0 spiro atoms. The van der Waals surface area contributed by atoms with Crippen LogP contribution in [-0.2, 0) is 19.1 Å². The molecule has 0 atom stereocenters. The number of hydrogen-bond acceptors (Lipinski definition) is 5. The lowest BCUT2D eigenvalue weighted by molar-refractivity contribution is -0.152. The summed E-state index contributed by atoms with van der Waals surface area (Å²) in [6.07, 6.45) is 2.06. The predicted octanol–water partition coefficient (Wildman–Crippen LogP) is 2.94. The van der Waals surface area contributed by atoms with Crippen LogP contribution in [0.3, 0.4) is 0 Å². The molecule has 7 heteroatoms. The second-order valence-corrected chi connectivity index (χ2v) is 7.51. The van der Waals surface area contributed by atoms with Crippen molar-refractivity contribution in [3.8, 4) is 11.1 Å². The minimum atomic E-state index is -0.668. The molecule has 156 valence electrons. The second kappa shape index (κ2) is 8.98. The molecule has 2 aliphatic rings. The minimum absolute atomic E-state index is 0.0390. The molecule has 2 N–H and O–H groups in total. The minimum Gasteiger partial charge on any atom is -0.449 e. The number of alkyl carbamates (subject to hydrolysis) is 1. The summed E-state index contributed by atoms with van der Waals surface area (Å²) >= 11 is 0. The average Bonchev–Trinajstić information content (AvgIpc) is 3.03. The normalized spacial score (nSPS) is 14.8. The van der Waals surface area contributed by atoms with E-state index in [1.807, 2.05) is 36.4 Å². The topological polar surface area (TPSA) is 93.7 Å². The molecule has 1 saturated carbocycles. The highest BCUT2D eigenvalue weighted by atomic mass is 16.6. The lowest BCUT2D eigenvalue weighted by Gasteiger charge is -2.23. The van der Waals surface area contributed by atoms with Gasteiger partial charge in [-0.3, -0.25) is 9.59 Å². The van der Waals surface area contributed by atoms with Crippen molar-refractivity contribution in [3.63, 3.8) is 0 Å². The van der Waals surface area contributed by atoms with E-state index in [2.05, 4.69) is 22.8 Å². The van der Waals surface area contributed by atoms with E-state index in [0.29, 0.717) is 0 Å². The lowest BCUT2D eigenvalue weighted by atomic mass is 9.86. The fraction of sp³-hybridized carbons (Fsp3) is 0.348. The SMILES string of the molecule is O=C(CNC(=O)OCC1c2ccccc2-c2ccccc21)NCOC(=O)C1CCC1. The first-order chi connectivity index (χ1) is 14.6. The largest absolute Gasteiger partial charge is 0.449 e. The number of esters is 1. The van der Waals surface area contributed by atoms with Gasteiger partial charge in [0.1, 0.15) is 13.2 Å². The molecule has 1 fully saturated rings. The van der Waals surface area contributed by atoms with Gasteiger partial charge in [0.05, 0.1) is 5.92 Å². The third kappa shape index (κ3) is 4.30. The Morgan fingerprint density at radius 2 is 1.50 bits per heavy atom. The highest BCUT2D eigenvalue weighted by Gasteiger charge is 2.29. The highest BCUT2D eigenvalue weighted by molar-refractivity contribution is 5.82. The van der Waals surface area contributed by atoms with Gasteiger partial charge in [-0.2, -0.15) is 0 Å². The summed E-state index contributed by atoms with van der Waals surface area (Å²) in [7, 11) is 0. The zero-order valence-electron chi connectivity index (χ0n) is 16.6. The smallest absolute Gasteiger partial charge is 0.407 e. The zero-order valence-corrected chi connectivity index (χ0v) is 16.6. The van der Waals surface area contributed by atoms with Crippen LogP contribution in [0.4, 0.5) is 4.79 Å². The average molecular weight is 408 g/mol. The molecule has 0 aromatic heterocycles. The number of fused-ring (bicyclic) bond motifs is 3. The van der Waals surface area contributed by atoms with Gasteiger partial charge in [-0.05, 0) is 35.1 Å². The molecule has 0 unspecified atom stereocenters. The van der Waals surface area contributed by atoms with E-state index in [4.69, 9.17) is 9.47 Å². The van der Waals surface area contributed by atoms with Crippen molar-refractivity contribution in [1.82, 2.24) is 10.6 Å². The van der Waals surface area contributed by atoms with Gasteiger partial charge in [0, 0.05) is 5.92 Å². The van der Waals surface area contributed by atoms with E-state index >= 15 is 0 Å². The molecule has 0 radical (unpaired) electrons. The Kier molecular flexibility index (Phi) is 5.97. The Bertz CT molecular complexity index is 909. The molecular weight excluding hydrogens is 384 g/mol. The zero-order chi connectivity index (χ0) is 20.9. The Balaban J connectivity index is 1.21. The summed E-state index contributed by atoms with van der Waals surface area (Å²) < 4.78 is 10.4. The van der Waals surface area contributed by atoms with Crippen molar-refractivity contribution in [2.45, 2.75) is 25.2 Å². The van der Waals surface area contributed by atoms with Crippen molar-refractivity contribution in [3.05, 3.63) is 59.7 Å². The number of carbonyl (C=O) groups is 3. The highest BCUT2D eigenvalue weighted by Crippen LogP contribution is 2.44. The molecule has 0 aliphatic heterocycles. The van der Waals surface area contributed by atoms with E-state index in [-0.39, 0.29) is 37.7 Å². The van der Waals surface area contributed by atoms with Crippen LogP contribution >= 0.6 is 0 Å². The maximum Gasteiger partial charge on any atom is 0.407 e. The van der Waals surface area contributed by atoms with Gasteiger partial charge >= 0.3 is 12.1 Å². The fourth-order valence-electron chi connectivity index (χ4n) is 3.81. The first kappa shape index (κ1) is 19.9. The lowest BCUT2D eigenvalue weighted by Crippen LogP contribution is -2.39. The molecule has 0 bridgehead atoms. The van der Waals surface area contributed by atoms with Crippen LogP contribution in [-0.4, -0.2) is 37.9 Å². The number of hydrogen-bond donors (Lipinski definition) is 2. The number of amides is 2. The van der Waals surface area contributed by atoms with Crippen molar-refractivity contribution >= 4 is 18.0 Å². The third-order valence-corrected chi connectivity index (χ3v) is 5.66. The van der Waals surface area contributed by atoms with Crippen molar-refractivity contribution < 1.29 is 23.9 Å². The number of nitrogens with one attached hydrogen (secondary N) is 2. The van der Waals surface area contributed by atoms with E-state index in [9.17, 15) is 14.4 Å². The second-order valence-electron chi connectivity index (χ2n) is 7.51. The van der Waals surface area contributed by atoms with E-state index in [0.717, 1.165) is 41.5 Å². The number of carbonyl (C=O) groups excluding carboxylic acids is 3. The molecule has 2 aromatic carbocycles. The van der Waals surface area contributed by atoms with Gasteiger partial charge in [-0.15, -0.1) is 0 Å². The van der Waals surface area contributed by atoms with Crippen LogP contribution in [0.15, 0.2) is 48.5 Å². The Labute approximate surface area is 174 Å². The van der Waals surface area contributed by atoms with Gasteiger partial charge in [0.2, 0.25) is 5.91 Å². The molecule has 4 rings (SSSR count). The summed E-state index contributed by atoms with van der Waals surface area (Å²) in [5.74, 6) is -0.820. The maximum absolute atomic E-state index is 12.0.